The number of alkyl halides is 3. The van der Waals surface area contributed by atoms with Gasteiger partial charge in [-0.15, -0.1) is 0 Å². The van der Waals surface area contributed by atoms with Gasteiger partial charge in [0.15, 0.2) is 0 Å². The Kier molecular flexibility index (Phi) is 4.10. The van der Waals surface area contributed by atoms with Crippen molar-refractivity contribution in [2.75, 3.05) is 5.73 Å². The summed E-state index contributed by atoms with van der Waals surface area (Å²) < 4.78 is 39.3. The molecule has 0 fully saturated rings. The van der Waals surface area contributed by atoms with Crippen molar-refractivity contribution in [3.05, 3.63) is 52.5 Å². The molecule has 100 valence electrons. The van der Waals surface area contributed by atoms with Gasteiger partial charge < -0.3 is 5.73 Å². The van der Waals surface area contributed by atoms with Gasteiger partial charge in [0.25, 0.3) is 0 Å². The Labute approximate surface area is 121 Å². The van der Waals surface area contributed by atoms with Gasteiger partial charge >= 0.3 is 6.18 Å². The SMILES string of the molecule is Nc1ccccc1Sc1ccc(Br)cc1C(F)(F)F. The van der Waals surface area contributed by atoms with Crippen molar-refractivity contribution in [1.82, 2.24) is 0 Å². The monoisotopic (exact) mass is 347 g/mol. The average Bonchev–Trinajstić information content (AvgIpc) is 2.33. The summed E-state index contributed by atoms with van der Waals surface area (Å²) in [5.41, 5.74) is 5.54. The van der Waals surface area contributed by atoms with E-state index in [2.05, 4.69) is 15.9 Å². The summed E-state index contributed by atoms with van der Waals surface area (Å²) in [7, 11) is 0. The van der Waals surface area contributed by atoms with Gasteiger partial charge in [0.2, 0.25) is 0 Å². The molecule has 0 unspecified atom stereocenters. The Balaban J connectivity index is 2.44. The molecule has 0 amide bonds. The highest BCUT2D eigenvalue weighted by Crippen LogP contribution is 2.41. The summed E-state index contributed by atoms with van der Waals surface area (Å²) in [5, 5.41) is 0. The van der Waals surface area contributed by atoms with Gasteiger partial charge in [-0.25, -0.2) is 0 Å². The third kappa shape index (κ3) is 3.45. The van der Waals surface area contributed by atoms with Crippen molar-refractivity contribution in [1.29, 1.82) is 0 Å². The molecule has 0 bridgehead atoms. The van der Waals surface area contributed by atoms with Gasteiger partial charge in [-0.05, 0) is 30.3 Å². The van der Waals surface area contributed by atoms with Crippen molar-refractivity contribution in [2.24, 2.45) is 0 Å². The molecular formula is C13H9BrF3NS. The van der Waals surface area contributed by atoms with Gasteiger partial charge in [0.05, 0.1) is 5.56 Å². The van der Waals surface area contributed by atoms with E-state index < -0.39 is 11.7 Å². The maximum absolute atomic E-state index is 13.0. The molecule has 0 radical (unpaired) electrons. The minimum Gasteiger partial charge on any atom is -0.398 e. The molecule has 0 aliphatic rings. The molecule has 2 rings (SSSR count). The van der Waals surface area contributed by atoms with Crippen molar-refractivity contribution in [3.8, 4) is 0 Å². The molecule has 0 aliphatic heterocycles. The maximum atomic E-state index is 13.0. The van der Waals surface area contributed by atoms with E-state index in [0.29, 0.717) is 15.1 Å². The number of nitrogen functional groups attached to an aromatic ring is 1. The van der Waals surface area contributed by atoms with Gasteiger partial charge in [0.1, 0.15) is 0 Å². The highest BCUT2D eigenvalue weighted by Gasteiger charge is 2.33. The Morgan fingerprint density at radius 1 is 1.00 bits per heavy atom. The number of hydrogen-bond acceptors (Lipinski definition) is 2. The predicted molar refractivity (Wildman–Crippen MR) is 74.1 cm³/mol. The number of halogens is 4. The van der Waals surface area contributed by atoms with Crippen molar-refractivity contribution in [2.45, 2.75) is 16.0 Å². The molecule has 0 heterocycles. The van der Waals surface area contributed by atoms with Gasteiger partial charge in [0, 0.05) is 20.0 Å². The maximum Gasteiger partial charge on any atom is 0.417 e. The van der Waals surface area contributed by atoms with E-state index in [-0.39, 0.29) is 4.90 Å². The molecule has 6 heteroatoms. The Morgan fingerprint density at radius 3 is 2.32 bits per heavy atom. The molecule has 0 spiro atoms. The van der Waals surface area contributed by atoms with Crippen LogP contribution in [0.5, 0.6) is 0 Å². The first-order valence-electron chi connectivity index (χ1n) is 5.27. The van der Waals surface area contributed by atoms with Crippen LogP contribution in [0.2, 0.25) is 0 Å². The molecule has 0 saturated carbocycles. The number of hydrogen-bond donors (Lipinski definition) is 1. The lowest BCUT2D eigenvalue weighted by Gasteiger charge is -2.13. The molecule has 0 aromatic heterocycles. The number of benzene rings is 2. The van der Waals surface area contributed by atoms with Crippen LogP contribution in [-0.4, -0.2) is 0 Å². The zero-order valence-electron chi connectivity index (χ0n) is 9.54. The highest BCUT2D eigenvalue weighted by molar-refractivity contribution is 9.10. The zero-order valence-corrected chi connectivity index (χ0v) is 11.9. The molecule has 19 heavy (non-hydrogen) atoms. The molecular weight excluding hydrogens is 339 g/mol. The summed E-state index contributed by atoms with van der Waals surface area (Å²) in [6, 6.07) is 10.9. The Morgan fingerprint density at radius 2 is 1.68 bits per heavy atom. The van der Waals surface area contributed by atoms with Crippen LogP contribution in [0.25, 0.3) is 0 Å². The lowest BCUT2D eigenvalue weighted by atomic mass is 10.2. The molecule has 0 aliphatic carbocycles. The Bertz CT molecular complexity index is 599. The normalized spacial score (nSPS) is 11.6. The highest BCUT2D eigenvalue weighted by atomic mass is 79.9. The first-order valence-corrected chi connectivity index (χ1v) is 6.88. The second-order valence-corrected chi connectivity index (χ2v) is 5.78. The van der Waals surface area contributed by atoms with Crippen LogP contribution in [0, 0.1) is 0 Å². The number of para-hydroxylation sites is 1. The van der Waals surface area contributed by atoms with Gasteiger partial charge in [-0.1, -0.05) is 39.8 Å². The van der Waals surface area contributed by atoms with Crippen molar-refractivity contribution in [3.63, 3.8) is 0 Å². The largest absolute Gasteiger partial charge is 0.417 e. The van der Waals surface area contributed by atoms with E-state index in [4.69, 9.17) is 5.73 Å². The zero-order chi connectivity index (χ0) is 14.0. The van der Waals surface area contributed by atoms with Crippen LogP contribution in [-0.2, 0) is 6.18 Å². The third-order valence-corrected chi connectivity index (χ3v) is 4.05. The number of rotatable bonds is 2. The standard InChI is InChI=1S/C13H9BrF3NS/c14-8-5-6-11(9(7-8)13(15,16)17)19-12-4-2-1-3-10(12)18/h1-7H,18H2. The summed E-state index contributed by atoms with van der Waals surface area (Å²) in [6.45, 7) is 0. The lowest BCUT2D eigenvalue weighted by Crippen LogP contribution is -2.06. The predicted octanol–water partition coefficient (Wildman–Crippen LogP) is 5.20. The first kappa shape index (κ1) is 14.3. The van der Waals surface area contributed by atoms with Crippen LogP contribution >= 0.6 is 27.7 Å². The molecule has 2 aromatic rings. The molecule has 1 nitrogen and oxygen atoms in total. The second kappa shape index (κ2) is 5.46. The fourth-order valence-corrected chi connectivity index (χ4v) is 2.86. The number of anilines is 1. The summed E-state index contributed by atoms with van der Waals surface area (Å²) in [5.74, 6) is 0. The van der Waals surface area contributed by atoms with E-state index in [1.54, 1.807) is 30.3 Å². The number of nitrogens with two attached hydrogens (primary N) is 1. The van der Waals surface area contributed by atoms with Gasteiger partial charge in [-0.2, -0.15) is 13.2 Å². The molecule has 2 N–H and O–H groups in total. The molecule has 0 atom stereocenters. The van der Waals surface area contributed by atoms with Crippen molar-refractivity contribution >= 4 is 33.4 Å². The first-order chi connectivity index (χ1) is 8.88. The average molecular weight is 348 g/mol. The van der Waals surface area contributed by atoms with Crippen LogP contribution in [0.15, 0.2) is 56.7 Å². The fourth-order valence-electron chi connectivity index (χ4n) is 1.50. The minimum atomic E-state index is -4.39. The smallest absolute Gasteiger partial charge is 0.398 e. The van der Waals surface area contributed by atoms with Crippen molar-refractivity contribution < 1.29 is 13.2 Å². The van der Waals surface area contributed by atoms with Crippen LogP contribution in [0.3, 0.4) is 0 Å². The lowest BCUT2D eigenvalue weighted by molar-refractivity contribution is -0.139. The molecule has 2 aromatic carbocycles. The van der Waals surface area contributed by atoms with E-state index >= 15 is 0 Å². The summed E-state index contributed by atoms with van der Waals surface area (Å²) in [4.78, 5) is 0.740. The van der Waals surface area contributed by atoms with E-state index in [1.165, 1.54) is 6.07 Å². The van der Waals surface area contributed by atoms with E-state index in [0.717, 1.165) is 17.8 Å². The van der Waals surface area contributed by atoms with Crippen LogP contribution in [0.1, 0.15) is 5.56 Å². The Hall–Kier alpha value is -1.14. The van der Waals surface area contributed by atoms with E-state index in [9.17, 15) is 13.2 Å². The van der Waals surface area contributed by atoms with E-state index in [1.807, 2.05) is 0 Å². The van der Waals surface area contributed by atoms with Crippen LogP contribution in [0.4, 0.5) is 18.9 Å². The minimum absolute atomic E-state index is 0.133. The second-order valence-electron chi connectivity index (χ2n) is 3.78. The third-order valence-electron chi connectivity index (χ3n) is 2.39. The quantitative estimate of drug-likeness (QED) is 0.755. The summed E-state index contributed by atoms with van der Waals surface area (Å²) in [6.07, 6.45) is -4.39. The fraction of sp³-hybridized carbons (Fsp3) is 0.0769. The molecule has 0 saturated heterocycles. The topological polar surface area (TPSA) is 26.0 Å². The summed E-state index contributed by atoms with van der Waals surface area (Å²) >= 11 is 4.07. The van der Waals surface area contributed by atoms with Crippen LogP contribution < -0.4 is 5.73 Å². The van der Waals surface area contributed by atoms with Gasteiger partial charge in [-0.3, -0.25) is 0 Å².